The van der Waals surface area contributed by atoms with Crippen LogP contribution in [0.4, 0.5) is 5.69 Å². The molecular weight excluding hydrogens is 242 g/mol. The number of amides is 2. The predicted molar refractivity (Wildman–Crippen MR) is 72.0 cm³/mol. The number of hydrogen-bond acceptors (Lipinski definition) is 3. The summed E-state index contributed by atoms with van der Waals surface area (Å²) in [6, 6.07) is 7.98. The summed E-state index contributed by atoms with van der Waals surface area (Å²) in [4.78, 5) is 24.8. The van der Waals surface area contributed by atoms with Crippen molar-refractivity contribution in [1.29, 1.82) is 0 Å². The average molecular weight is 259 g/mol. The van der Waals surface area contributed by atoms with Gasteiger partial charge in [0.25, 0.3) is 0 Å². The van der Waals surface area contributed by atoms with Crippen LogP contribution in [-0.2, 0) is 9.59 Å². The van der Waals surface area contributed by atoms with Crippen LogP contribution in [0.15, 0.2) is 24.3 Å². The van der Waals surface area contributed by atoms with E-state index in [-0.39, 0.29) is 0 Å². The molecule has 3 rings (SSSR count). The van der Waals surface area contributed by atoms with Gasteiger partial charge in [-0.15, -0.1) is 0 Å². The number of carbonyl (C=O) groups excluding carboxylic acids is 2. The maximum absolute atomic E-state index is 11.9. The summed E-state index contributed by atoms with van der Waals surface area (Å²) in [5, 5.41) is 5.90. The van der Waals surface area contributed by atoms with Gasteiger partial charge in [0.1, 0.15) is 0 Å². The van der Waals surface area contributed by atoms with Crippen molar-refractivity contribution >= 4 is 17.5 Å². The van der Waals surface area contributed by atoms with E-state index >= 15 is 0 Å². The molecule has 0 radical (unpaired) electrons. The lowest BCUT2D eigenvalue weighted by atomic mass is 9.98. The topological polar surface area (TPSA) is 61.4 Å². The molecule has 2 saturated heterocycles. The number of nitrogens with zero attached hydrogens (tertiary/aromatic N) is 1. The minimum Gasteiger partial charge on any atom is -0.346 e. The highest BCUT2D eigenvalue weighted by Crippen LogP contribution is 2.26. The Morgan fingerprint density at radius 2 is 2.11 bits per heavy atom. The molecule has 5 heteroatoms. The first-order chi connectivity index (χ1) is 9.25. The van der Waals surface area contributed by atoms with Gasteiger partial charge in [-0.2, -0.15) is 0 Å². The van der Waals surface area contributed by atoms with Crippen LogP contribution in [0, 0.1) is 0 Å². The highest BCUT2D eigenvalue weighted by atomic mass is 16.2. The maximum atomic E-state index is 11.9. The third kappa shape index (κ3) is 2.33. The van der Waals surface area contributed by atoms with Crippen molar-refractivity contribution in [3.63, 3.8) is 0 Å². The summed E-state index contributed by atoms with van der Waals surface area (Å²) < 4.78 is 0. The van der Waals surface area contributed by atoms with Gasteiger partial charge in [-0.25, -0.2) is 0 Å². The fourth-order valence-corrected chi connectivity index (χ4v) is 2.71. The number of carbonyl (C=O) groups is 2. The van der Waals surface area contributed by atoms with Crippen LogP contribution in [0.5, 0.6) is 0 Å². The third-order valence-electron chi connectivity index (χ3n) is 3.77. The fourth-order valence-electron chi connectivity index (χ4n) is 2.71. The van der Waals surface area contributed by atoms with Gasteiger partial charge in [-0.1, -0.05) is 12.1 Å². The molecule has 2 aliphatic heterocycles. The van der Waals surface area contributed by atoms with Crippen molar-refractivity contribution in [2.24, 2.45) is 0 Å². The molecule has 1 unspecified atom stereocenters. The summed E-state index contributed by atoms with van der Waals surface area (Å²) in [6.07, 6.45) is 1.12. The lowest BCUT2D eigenvalue weighted by Crippen LogP contribution is -2.52. The summed E-state index contributed by atoms with van der Waals surface area (Å²) in [6.45, 7) is 3.08. The van der Waals surface area contributed by atoms with Crippen LogP contribution in [0.3, 0.4) is 0 Å². The molecular formula is C14H17N3O2. The van der Waals surface area contributed by atoms with Gasteiger partial charge in [-0.3, -0.25) is 9.59 Å². The fraction of sp³-hybridized carbons (Fsp3) is 0.429. The number of piperazine rings is 1. The largest absolute Gasteiger partial charge is 0.346 e. The Labute approximate surface area is 112 Å². The summed E-state index contributed by atoms with van der Waals surface area (Å²) in [5.74, 6) is -0.471. The van der Waals surface area contributed by atoms with Crippen LogP contribution in [-0.4, -0.2) is 38.0 Å². The van der Waals surface area contributed by atoms with Crippen molar-refractivity contribution < 1.29 is 9.59 Å². The number of anilines is 1. The summed E-state index contributed by atoms with van der Waals surface area (Å²) in [7, 11) is 0. The van der Waals surface area contributed by atoms with Crippen molar-refractivity contribution in [3.8, 4) is 0 Å². The van der Waals surface area contributed by atoms with Crippen molar-refractivity contribution in [3.05, 3.63) is 29.8 Å². The highest BCUT2D eigenvalue weighted by Gasteiger charge is 2.27. The molecule has 1 atom stereocenters. The maximum Gasteiger partial charge on any atom is 0.316 e. The van der Waals surface area contributed by atoms with E-state index in [0.717, 1.165) is 25.2 Å². The Morgan fingerprint density at radius 3 is 2.89 bits per heavy atom. The van der Waals surface area contributed by atoms with E-state index in [1.54, 1.807) is 4.90 Å². The zero-order valence-corrected chi connectivity index (χ0v) is 10.7. The van der Waals surface area contributed by atoms with Gasteiger partial charge in [0.15, 0.2) is 0 Å². The molecule has 0 aliphatic carbocycles. The lowest BCUT2D eigenvalue weighted by molar-refractivity contribution is -0.138. The molecule has 0 bridgehead atoms. The van der Waals surface area contributed by atoms with Crippen molar-refractivity contribution in [2.75, 3.05) is 31.1 Å². The first-order valence-electron chi connectivity index (χ1n) is 6.66. The second-order valence-corrected chi connectivity index (χ2v) is 5.00. The zero-order chi connectivity index (χ0) is 13.2. The molecule has 19 heavy (non-hydrogen) atoms. The Kier molecular flexibility index (Phi) is 3.21. The van der Waals surface area contributed by atoms with E-state index in [1.807, 2.05) is 18.2 Å². The molecule has 100 valence electrons. The SMILES string of the molecule is O=C1NCCN(c2cccc(C3CCNC3)c2)C1=O. The summed E-state index contributed by atoms with van der Waals surface area (Å²) in [5.41, 5.74) is 2.06. The molecule has 0 saturated carbocycles. The zero-order valence-electron chi connectivity index (χ0n) is 10.7. The quantitative estimate of drug-likeness (QED) is 0.747. The molecule has 2 amide bonds. The Balaban J connectivity index is 1.86. The molecule has 1 aromatic rings. The normalized spacial score (nSPS) is 23.6. The van der Waals surface area contributed by atoms with Gasteiger partial charge < -0.3 is 15.5 Å². The van der Waals surface area contributed by atoms with E-state index in [0.29, 0.717) is 19.0 Å². The highest BCUT2D eigenvalue weighted by molar-refractivity contribution is 6.41. The second kappa shape index (κ2) is 5.01. The minimum absolute atomic E-state index is 0.465. The molecule has 2 N–H and O–H groups in total. The molecule has 2 aliphatic rings. The molecule has 0 aromatic heterocycles. The van der Waals surface area contributed by atoms with Crippen LogP contribution in [0.2, 0.25) is 0 Å². The number of rotatable bonds is 2. The number of hydrogen-bond donors (Lipinski definition) is 2. The van der Waals surface area contributed by atoms with E-state index in [2.05, 4.69) is 16.7 Å². The molecule has 2 fully saturated rings. The average Bonchev–Trinajstić information content (AvgIpc) is 2.96. The minimum atomic E-state index is -0.515. The van der Waals surface area contributed by atoms with E-state index in [9.17, 15) is 9.59 Å². The molecule has 2 heterocycles. The number of nitrogens with one attached hydrogen (secondary N) is 2. The van der Waals surface area contributed by atoms with Gasteiger partial charge in [0, 0.05) is 25.3 Å². The van der Waals surface area contributed by atoms with E-state index in [4.69, 9.17) is 0 Å². The van der Waals surface area contributed by atoms with Gasteiger partial charge >= 0.3 is 11.8 Å². The monoisotopic (exact) mass is 259 g/mol. The first-order valence-corrected chi connectivity index (χ1v) is 6.66. The van der Waals surface area contributed by atoms with Crippen LogP contribution >= 0.6 is 0 Å². The second-order valence-electron chi connectivity index (χ2n) is 5.00. The third-order valence-corrected chi connectivity index (χ3v) is 3.77. The molecule has 5 nitrogen and oxygen atoms in total. The van der Waals surface area contributed by atoms with Crippen molar-refractivity contribution in [2.45, 2.75) is 12.3 Å². The van der Waals surface area contributed by atoms with E-state index < -0.39 is 11.8 Å². The van der Waals surface area contributed by atoms with Crippen LogP contribution in [0.25, 0.3) is 0 Å². The van der Waals surface area contributed by atoms with Gasteiger partial charge in [-0.05, 0) is 36.6 Å². The Morgan fingerprint density at radius 1 is 1.21 bits per heavy atom. The van der Waals surface area contributed by atoms with E-state index in [1.165, 1.54) is 5.56 Å². The first kappa shape index (κ1) is 12.2. The summed E-state index contributed by atoms with van der Waals surface area (Å²) >= 11 is 0. The molecule has 1 aromatic carbocycles. The van der Waals surface area contributed by atoms with Crippen molar-refractivity contribution in [1.82, 2.24) is 10.6 Å². The Hall–Kier alpha value is -1.88. The van der Waals surface area contributed by atoms with Crippen LogP contribution in [0.1, 0.15) is 17.9 Å². The molecule has 0 spiro atoms. The lowest BCUT2D eigenvalue weighted by Gasteiger charge is -2.27. The van der Waals surface area contributed by atoms with Gasteiger partial charge in [0.2, 0.25) is 0 Å². The number of benzene rings is 1. The smallest absolute Gasteiger partial charge is 0.316 e. The Bertz CT molecular complexity index is 509. The van der Waals surface area contributed by atoms with Gasteiger partial charge in [0.05, 0.1) is 0 Å². The predicted octanol–water partition coefficient (Wildman–Crippen LogP) is 0.226. The van der Waals surface area contributed by atoms with Crippen LogP contribution < -0.4 is 15.5 Å². The standard InChI is InChI=1S/C14H17N3O2/c18-13-14(19)17(7-6-16-13)12-3-1-2-10(8-12)11-4-5-15-9-11/h1-3,8,11,15H,4-7,9H2,(H,16,18).